The monoisotopic (exact) mass is 166 g/mol. The predicted molar refractivity (Wildman–Crippen MR) is 44.3 cm³/mol. The molecule has 1 aliphatic heterocycles. The second-order valence-electron chi connectivity index (χ2n) is 2.43. The fourth-order valence-electron chi connectivity index (χ4n) is 1.17. The van der Waals surface area contributed by atoms with Gasteiger partial charge in [0.1, 0.15) is 0 Å². The highest BCUT2D eigenvalue weighted by Gasteiger charge is 2.23. The maximum absolute atomic E-state index is 10.5. The van der Waals surface area contributed by atoms with Gasteiger partial charge in [-0.3, -0.25) is 0 Å². The van der Waals surface area contributed by atoms with E-state index in [4.69, 9.17) is 5.11 Å². The summed E-state index contributed by atoms with van der Waals surface area (Å²) < 4.78 is 0. The maximum atomic E-state index is 10.5. The number of carbonyl (C=O) groups is 1. The number of hydrogen-bond donors (Lipinski definition) is 1. The Bertz CT molecular complexity index is 299. The number of aliphatic carboxylic acids is 1. The highest BCUT2D eigenvalue weighted by molar-refractivity contribution is 8.03. The average molecular weight is 166 g/mol. The molecule has 11 heavy (non-hydrogen) atoms. The summed E-state index contributed by atoms with van der Waals surface area (Å²) in [4.78, 5) is 10.5. The topological polar surface area (TPSA) is 37.3 Å². The normalized spacial score (nSPS) is 26.4. The van der Waals surface area contributed by atoms with Crippen LogP contribution in [-0.4, -0.2) is 16.3 Å². The van der Waals surface area contributed by atoms with Crippen molar-refractivity contribution in [2.24, 2.45) is 0 Å². The Kier molecular flexibility index (Phi) is 1.39. The van der Waals surface area contributed by atoms with Crippen molar-refractivity contribution in [3.05, 3.63) is 34.8 Å². The molecule has 2 nitrogen and oxygen atoms in total. The van der Waals surface area contributed by atoms with Crippen LogP contribution in [0.3, 0.4) is 0 Å². The van der Waals surface area contributed by atoms with Crippen molar-refractivity contribution < 1.29 is 9.90 Å². The first-order valence-electron chi connectivity index (χ1n) is 3.26. The van der Waals surface area contributed by atoms with E-state index in [1.165, 1.54) is 0 Å². The molecular weight excluding hydrogens is 160 g/mol. The minimum atomic E-state index is -0.832. The Morgan fingerprint density at radius 1 is 1.64 bits per heavy atom. The molecule has 0 radical (unpaired) electrons. The third-order valence-electron chi connectivity index (χ3n) is 1.71. The molecule has 0 spiro atoms. The summed E-state index contributed by atoms with van der Waals surface area (Å²) in [5, 5.41) is 10.9. The molecule has 2 aliphatic rings. The van der Waals surface area contributed by atoms with Gasteiger partial charge in [-0.2, -0.15) is 0 Å². The summed E-state index contributed by atoms with van der Waals surface area (Å²) in [6, 6.07) is 0. The molecule has 1 unspecified atom stereocenters. The van der Waals surface area contributed by atoms with Gasteiger partial charge in [0.05, 0.1) is 10.8 Å². The fraction of sp³-hybridized carbons (Fsp3) is 0.125. The summed E-state index contributed by atoms with van der Waals surface area (Å²) in [7, 11) is 0. The highest BCUT2D eigenvalue weighted by Crippen LogP contribution is 2.35. The highest BCUT2D eigenvalue weighted by atomic mass is 32.2. The van der Waals surface area contributed by atoms with E-state index in [-0.39, 0.29) is 5.25 Å². The zero-order valence-corrected chi connectivity index (χ0v) is 6.47. The Balaban J connectivity index is 2.31. The van der Waals surface area contributed by atoms with Gasteiger partial charge in [-0.05, 0) is 17.1 Å². The Morgan fingerprint density at radius 3 is 3.09 bits per heavy atom. The van der Waals surface area contributed by atoms with Crippen molar-refractivity contribution in [3.63, 3.8) is 0 Å². The Labute approximate surface area is 68.3 Å². The van der Waals surface area contributed by atoms with Crippen LogP contribution in [0.25, 0.3) is 0 Å². The first-order chi connectivity index (χ1) is 5.27. The van der Waals surface area contributed by atoms with Gasteiger partial charge in [-0.1, -0.05) is 12.2 Å². The molecule has 3 heteroatoms. The van der Waals surface area contributed by atoms with E-state index in [9.17, 15) is 4.79 Å². The van der Waals surface area contributed by atoms with E-state index >= 15 is 0 Å². The molecule has 1 heterocycles. The van der Waals surface area contributed by atoms with Crippen LogP contribution < -0.4 is 0 Å². The standard InChI is InChI=1S/C8H6O2S/c9-8(10)6-3-5-1-2-11-7(5)4-6/h1-4,7H,(H,9,10). The Morgan fingerprint density at radius 2 is 2.45 bits per heavy atom. The number of rotatable bonds is 1. The quantitative estimate of drug-likeness (QED) is 0.642. The number of fused-ring (bicyclic) bond motifs is 1. The van der Waals surface area contributed by atoms with Crippen LogP contribution in [0.1, 0.15) is 0 Å². The van der Waals surface area contributed by atoms with Gasteiger partial charge in [-0.15, -0.1) is 11.8 Å². The molecule has 0 aromatic heterocycles. The zero-order chi connectivity index (χ0) is 7.84. The van der Waals surface area contributed by atoms with Gasteiger partial charge in [-0.25, -0.2) is 4.79 Å². The maximum Gasteiger partial charge on any atom is 0.335 e. The van der Waals surface area contributed by atoms with E-state index in [2.05, 4.69) is 0 Å². The third-order valence-corrected chi connectivity index (χ3v) is 2.71. The van der Waals surface area contributed by atoms with Gasteiger partial charge in [0.2, 0.25) is 0 Å². The van der Waals surface area contributed by atoms with E-state index < -0.39 is 5.97 Å². The van der Waals surface area contributed by atoms with Crippen molar-refractivity contribution in [2.75, 3.05) is 0 Å². The summed E-state index contributed by atoms with van der Waals surface area (Å²) >= 11 is 1.65. The first-order valence-corrected chi connectivity index (χ1v) is 4.20. The van der Waals surface area contributed by atoms with Gasteiger partial charge < -0.3 is 5.11 Å². The molecule has 0 saturated carbocycles. The van der Waals surface area contributed by atoms with Crippen molar-refractivity contribution >= 4 is 17.7 Å². The average Bonchev–Trinajstić information content (AvgIpc) is 2.40. The SMILES string of the molecule is O=C(O)C1=CC2SC=CC2=C1. The lowest BCUT2D eigenvalue weighted by Crippen LogP contribution is -1.95. The van der Waals surface area contributed by atoms with Crippen LogP contribution in [0.2, 0.25) is 0 Å². The van der Waals surface area contributed by atoms with E-state index in [1.807, 2.05) is 11.5 Å². The smallest absolute Gasteiger partial charge is 0.335 e. The van der Waals surface area contributed by atoms with Gasteiger partial charge >= 0.3 is 5.97 Å². The zero-order valence-electron chi connectivity index (χ0n) is 5.65. The van der Waals surface area contributed by atoms with Gasteiger partial charge in [0.15, 0.2) is 0 Å². The van der Waals surface area contributed by atoms with Crippen LogP contribution >= 0.6 is 11.8 Å². The number of carboxylic acids is 1. The Hall–Kier alpha value is -0.960. The van der Waals surface area contributed by atoms with E-state index in [1.54, 1.807) is 23.9 Å². The summed E-state index contributed by atoms with van der Waals surface area (Å²) in [5.74, 6) is -0.832. The molecule has 2 rings (SSSR count). The minimum Gasteiger partial charge on any atom is -0.478 e. The molecule has 0 saturated heterocycles. The number of thioether (sulfide) groups is 1. The molecular formula is C8H6O2S. The van der Waals surface area contributed by atoms with Crippen LogP contribution in [0.4, 0.5) is 0 Å². The predicted octanol–water partition coefficient (Wildman–Crippen LogP) is 1.57. The second-order valence-corrected chi connectivity index (χ2v) is 3.48. The molecule has 0 aromatic rings. The minimum absolute atomic E-state index is 0.265. The molecule has 0 aromatic carbocycles. The third kappa shape index (κ3) is 1.01. The largest absolute Gasteiger partial charge is 0.478 e. The van der Waals surface area contributed by atoms with E-state index in [0.717, 1.165) is 5.57 Å². The molecule has 0 fully saturated rings. The van der Waals surface area contributed by atoms with Crippen LogP contribution in [0.15, 0.2) is 34.8 Å². The number of allylic oxidation sites excluding steroid dienone is 1. The molecule has 1 aliphatic carbocycles. The van der Waals surface area contributed by atoms with Crippen LogP contribution in [0.5, 0.6) is 0 Å². The molecule has 0 bridgehead atoms. The summed E-state index contributed by atoms with van der Waals surface area (Å²) in [6.45, 7) is 0. The van der Waals surface area contributed by atoms with Crippen molar-refractivity contribution in [1.82, 2.24) is 0 Å². The molecule has 1 atom stereocenters. The summed E-state index contributed by atoms with van der Waals surface area (Å²) in [5.41, 5.74) is 1.52. The summed E-state index contributed by atoms with van der Waals surface area (Å²) in [6.07, 6.45) is 5.47. The second kappa shape index (κ2) is 2.27. The lowest BCUT2D eigenvalue weighted by molar-refractivity contribution is -0.132. The molecule has 56 valence electrons. The number of hydrogen-bond acceptors (Lipinski definition) is 2. The first kappa shape index (κ1) is 6.73. The van der Waals surface area contributed by atoms with E-state index in [0.29, 0.717) is 5.57 Å². The number of carboxylic acid groups (broad SMARTS) is 1. The van der Waals surface area contributed by atoms with Gasteiger partial charge in [0, 0.05) is 0 Å². The molecule has 1 N–H and O–H groups in total. The van der Waals surface area contributed by atoms with Gasteiger partial charge in [0.25, 0.3) is 0 Å². The van der Waals surface area contributed by atoms with Crippen molar-refractivity contribution in [3.8, 4) is 0 Å². The lowest BCUT2D eigenvalue weighted by Gasteiger charge is -1.96. The fourth-order valence-corrected chi connectivity index (χ4v) is 2.10. The van der Waals surface area contributed by atoms with Crippen LogP contribution in [0, 0.1) is 0 Å². The van der Waals surface area contributed by atoms with Crippen molar-refractivity contribution in [1.29, 1.82) is 0 Å². The molecule has 0 amide bonds. The van der Waals surface area contributed by atoms with Crippen molar-refractivity contribution in [2.45, 2.75) is 5.25 Å². The lowest BCUT2D eigenvalue weighted by atomic mass is 10.2. The van der Waals surface area contributed by atoms with Crippen LogP contribution in [-0.2, 0) is 4.79 Å².